The third kappa shape index (κ3) is 2.92. The summed E-state index contributed by atoms with van der Waals surface area (Å²) in [5.41, 5.74) is 0.555. The number of benzene rings is 1. The van der Waals surface area contributed by atoms with Gasteiger partial charge in [0, 0.05) is 26.2 Å². The highest BCUT2D eigenvalue weighted by Gasteiger charge is 2.29. The van der Waals surface area contributed by atoms with Crippen LogP contribution in [-0.2, 0) is 0 Å². The Labute approximate surface area is 99.1 Å². The zero-order valence-corrected chi connectivity index (χ0v) is 9.44. The minimum absolute atomic E-state index is 0.0991. The Bertz CT molecular complexity index is 350. The average molecular weight is 242 g/mol. The standard InChI is InChI=1S/C12H16F2N2O/c13-12(14)11(16-7-5-15-6-8-16)9-1-3-10(17)4-2-9/h1-4,11-12,15,17H,5-8H2/t11-/m1/s1. The van der Waals surface area contributed by atoms with Crippen molar-refractivity contribution in [3.05, 3.63) is 29.8 Å². The van der Waals surface area contributed by atoms with Gasteiger partial charge in [-0.2, -0.15) is 0 Å². The van der Waals surface area contributed by atoms with Crippen LogP contribution in [0.4, 0.5) is 8.78 Å². The summed E-state index contributed by atoms with van der Waals surface area (Å²) in [4.78, 5) is 1.79. The zero-order chi connectivity index (χ0) is 12.3. The maximum Gasteiger partial charge on any atom is 0.258 e. The van der Waals surface area contributed by atoms with Crippen LogP contribution in [0.3, 0.4) is 0 Å². The second-order valence-corrected chi connectivity index (χ2v) is 4.16. The molecule has 2 N–H and O–H groups in total. The van der Waals surface area contributed by atoms with Crippen LogP contribution in [0.25, 0.3) is 0 Å². The number of nitrogens with one attached hydrogen (secondary N) is 1. The predicted octanol–water partition coefficient (Wildman–Crippen LogP) is 1.60. The lowest BCUT2D eigenvalue weighted by Crippen LogP contribution is -2.46. The molecule has 1 aliphatic heterocycles. The van der Waals surface area contributed by atoms with Crippen LogP contribution >= 0.6 is 0 Å². The van der Waals surface area contributed by atoms with Crippen molar-refractivity contribution in [2.75, 3.05) is 26.2 Å². The summed E-state index contributed by atoms with van der Waals surface area (Å²) in [6.45, 7) is 2.72. The van der Waals surface area contributed by atoms with Gasteiger partial charge in [-0.1, -0.05) is 12.1 Å². The molecule has 0 saturated carbocycles. The Balaban J connectivity index is 2.18. The van der Waals surface area contributed by atoms with Gasteiger partial charge in [-0.25, -0.2) is 8.78 Å². The smallest absolute Gasteiger partial charge is 0.258 e. The lowest BCUT2D eigenvalue weighted by Gasteiger charge is -2.34. The number of rotatable bonds is 3. The normalized spacial score (nSPS) is 19.5. The maximum atomic E-state index is 13.1. The minimum Gasteiger partial charge on any atom is -0.508 e. The first-order valence-electron chi connectivity index (χ1n) is 5.70. The Morgan fingerprint density at radius 1 is 1.12 bits per heavy atom. The highest BCUT2D eigenvalue weighted by Crippen LogP contribution is 2.28. The van der Waals surface area contributed by atoms with Crippen molar-refractivity contribution >= 4 is 0 Å². The molecule has 1 aromatic rings. The van der Waals surface area contributed by atoms with E-state index in [1.54, 1.807) is 17.0 Å². The molecule has 1 fully saturated rings. The van der Waals surface area contributed by atoms with Crippen molar-refractivity contribution in [2.45, 2.75) is 12.5 Å². The molecule has 17 heavy (non-hydrogen) atoms. The second kappa shape index (κ2) is 5.42. The highest BCUT2D eigenvalue weighted by molar-refractivity contribution is 5.28. The molecule has 0 radical (unpaired) electrons. The maximum absolute atomic E-state index is 13.1. The van der Waals surface area contributed by atoms with Crippen LogP contribution in [0.15, 0.2) is 24.3 Å². The van der Waals surface area contributed by atoms with Gasteiger partial charge >= 0.3 is 0 Å². The van der Waals surface area contributed by atoms with E-state index in [0.29, 0.717) is 18.7 Å². The summed E-state index contributed by atoms with van der Waals surface area (Å²) in [6, 6.07) is 5.15. The van der Waals surface area contributed by atoms with Gasteiger partial charge in [0.05, 0.1) is 6.04 Å². The molecule has 94 valence electrons. The highest BCUT2D eigenvalue weighted by atomic mass is 19.3. The Kier molecular flexibility index (Phi) is 3.91. The first-order valence-corrected chi connectivity index (χ1v) is 5.70. The van der Waals surface area contributed by atoms with E-state index in [0.717, 1.165) is 13.1 Å². The number of nitrogens with zero attached hydrogens (tertiary/aromatic N) is 1. The van der Waals surface area contributed by atoms with E-state index in [4.69, 9.17) is 0 Å². The lowest BCUT2D eigenvalue weighted by molar-refractivity contribution is 0.0181. The van der Waals surface area contributed by atoms with Crippen LogP contribution in [0.1, 0.15) is 11.6 Å². The van der Waals surface area contributed by atoms with Crippen molar-refractivity contribution in [1.82, 2.24) is 10.2 Å². The van der Waals surface area contributed by atoms with Crippen LogP contribution in [0, 0.1) is 0 Å². The van der Waals surface area contributed by atoms with Crippen LogP contribution < -0.4 is 5.32 Å². The molecule has 1 aliphatic rings. The third-order valence-corrected chi connectivity index (χ3v) is 3.02. The van der Waals surface area contributed by atoms with Gasteiger partial charge < -0.3 is 10.4 Å². The van der Waals surface area contributed by atoms with E-state index in [-0.39, 0.29) is 5.75 Å². The molecule has 5 heteroatoms. The van der Waals surface area contributed by atoms with Gasteiger partial charge in [-0.15, -0.1) is 0 Å². The number of alkyl halides is 2. The molecule has 0 aliphatic carbocycles. The van der Waals surface area contributed by atoms with E-state index < -0.39 is 12.5 Å². The Hall–Kier alpha value is -1.20. The molecule has 0 amide bonds. The molecular weight excluding hydrogens is 226 g/mol. The number of phenols is 1. The first kappa shape index (κ1) is 12.3. The molecular formula is C12H16F2N2O. The minimum atomic E-state index is -2.42. The summed E-state index contributed by atoms with van der Waals surface area (Å²) in [5, 5.41) is 12.3. The number of halogens is 2. The van der Waals surface area contributed by atoms with Crippen LogP contribution in [0.5, 0.6) is 5.75 Å². The molecule has 0 aromatic heterocycles. The summed E-state index contributed by atoms with van der Waals surface area (Å²) < 4.78 is 26.3. The molecule has 1 heterocycles. The summed E-state index contributed by atoms with van der Waals surface area (Å²) >= 11 is 0. The van der Waals surface area contributed by atoms with Crippen molar-refractivity contribution in [3.63, 3.8) is 0 Å². The van der Waals surface area contributed by atoms with Crippen molar-refractivity contribution in [1.29, 1.82) is 0 Å². The number of hydrogen-bond donors (Lipinski definition) is 2. The number of hydrogen-bond acceptors (Lipinski definition) is 3. The van der Waals surface area contributed by atoms with Gasteiger partial charge in [0.1, 0.15) is 5.75 Å². The number of phenolic OH excluding ortho intramolecular Hbond substituents is 1. The topological polar surface area (TPSA) is 35.5 Å². The molecule has 1 atom stereocenters. The SMILES string of the molecule is Oc1ccc([C@H](C(F)F)N2CCNCC2)cc1. The molecule has 1 saturated heterocycles. The monoisotopic (exact) mass is 242 g/mol. The van der Waals surface area contributed by atoms with Crippen LogP contribution in [0.2, 0.25) is 0 Å². The van der Waals surface area contributed by atoms with Gasteiger partial charge in [0.15, 0.2) is 0 Å². The largest absolute Gasteiger partial charge is 0.508 e. The number of aromatic hydroxyl groups is 1. The molecule has 0 spiro atoms. The van der Waals surface area contributed by atoms with Crippen molar-refractivity contribution < 1.29 is 13.9 Å². The van der Waals surface area contributed by atoms with Crippen LogP contribution in [-0.4, -0.2) is 42.6 Å². The lowest BCUT2D eigenvalue weighted by atomic mass is 10.0. The van der Waals surface area contributed by atoms with Gasteiger partial charge in [-0.05, 0) is 17.7 Å². The van der Waals surface area contributed by atoms with Gasteiger partial charge in [0.25, 0.3) is 6.43 Å². The number of piperazine rings is 1. The summed E-state index contributed by atoms with van der Waals surface area (Å²) in [5.74, 6) is 0.0991. The van der Waals surface area contributed by atoms with E-state index in [2.05, 4.69) is 5.32 Å². The molecule has 1 aromatic carbocycles. The quantitative estimate of drug-likeness (QED) is 0.845. The van der Waals surface area contributed by atoms with Gasteiger partial charge in [0.2, 0.25) is 0 Å². The molecule has 3 nitrogen and oxygen atoms in total. The fourth-order valence-corrected chi connectivity index (χ4v) is 2.15. The summed E-state index contributed by atoms with van der Waals surface area (Å²) in [7, 11) is 0. The zero-order valence-electron chi connectivity index (χ0n) is 9.44. The van der Waals surface area contributed by atoms with E-state index in [1.165, 1.54) is 12.1 Å². The fraction of sp³-hybridized carbons (Fsp3) is 0.500. The predicted molar refractivity (Wildman–Crippen MR) is 61.3 cm³/mol. The Morgan fingerprint density at radius 3 is 2.24 bits per heavy atom. The van der Waals surface area contributed by atoms with E-state index in [9.17, 15) is 13.9 Å². The Morgan fingerprint density at radius 2 is 1.71 bits per heavy atom. The van der Waals surface area contributed by atoms with E-state index >= 15 is 0 Å². The van der Waals surface area contributed by atoms with Crippen molar-refractivity contribution in [3.8, 4) is 5.75 Å². The molecule has 0 unspecified atom stereocenters. The molecule has 2 rings (SSSR count). The molecule has 0 bridgehead atoms. The fourth-order valence-electron chi connectivity index (χ4n) is 2.15. The third-order valence-electron chi connectivity index (χ3n) is 3.02. The van der Waals surface area contributed by atoms with Crippen molar-refractivity contribution in [2.24, 2.45) is 0 Å². The second-order valence-electron chi connectivity index (χ2n) is 4.16. The first-order chi connectivity index (χ1) is 8.18. The average Bonchev–Trinajstić information content (AvgIpc) is 2.33. The van der Waals surface area contributed by atoms with E-state index in [1.807, 2.05) is 0 Å². The van der Waals surface area contributed by atoms with Gasteiger partial charge in [-0.3, -0.25) is 4.90 Å². The summed E-state index contributed by atoms with van der Waals surface area (Å²) in [6.07, 6.45) is -2.42.